The molecule has 5 amide bonds. The second kappa shape index (κ2) is 16.0. The van der Waals surface area contributed by atoms with Crippen LogP contribution < -0.4 is 15.4 Å². The van der Waals surface area contributed by atoms with Crippen molar-refractivity contribution in [1.82, 2.24) is 25.2 Å². The summed E-state index contributed by atoms with van der Waals surface area (Å²) < 4.78 is 53.1. The minimum atomic E-state index is -3.97. The standard InChI is InChI=1S/C39H52FN5O10S/c1-8-24-19-39(24,34(49)43-56(52,53)27-13-14-27)42-32(47)31-18-26(54-36(51)44-20-23-10-9-11-29(40)28(23)22-44)21-45(31)33(48)30(41-35(50)55-38(5,6)7)15-12-25(46)16-17-37(2,3)4/h8-11,16-17,24,26-27,30-31H,1,12-15,18-22H2,2-7H3,(H,41,50)(H,42,47)(H,43,49)/b17-16+/t24?,26-,30+,31?,39-/m1/s1. The van der Waals surface area contributed by atoms with Gasteiger partial charge in [-0.25, -0.2) is 22.4 Å². The number of rotatable bonds is 13. The van der Waals surface area contributed by atoms with Gasteiger partial charge in [-0.15, -0.1) is 6.58 Å². The molecule has 0 aromatic heterocycles. The molecule has 15 nitrogen and oxygen atoms in total. The molecular weight excluding hydrogens is 750 g/mol. The third-order valence-corrected chi connectivity index (χ3v) is 11.8. The summed E-state index contributed by atoms with van der Waals surface area (Å²) in [6, 6.07) is 1.77. The lowest BCUT2D eigenvalue weighted by Crippen LogP contribution is -2.58. The number of benzene rings is 1. The van der Waals surface area contributed by atoms with E-state index in [0.717, 1.165) is 4.90 Å². The summed E-state index contributed by atoms with van der Waals surface area (Å²) in [5.74, 6) is -3.96. The summed E-state index contributed by atoms with van der Waals surface area (Å²) in [5.41, 5.74) is -1.95. The van der Waals surface area contributed by atoms with Crippen molar-refractivity contribution in [3.05, 3.63) is 60.0 Å². The van der Waals surface area contributed by atoms with Gasteiger partial charge < -0.3 is 25.0 Å². The Morgan fingerprint density at radius 1 is 1.07 bits per heavy atom. The van der Waals surface area contributed by atoms with Crippen LogP contribution in [0.3, 0.4) is 0 Å². The van der Waals surface area contributed by atoms with E-state index in [1.807, 2.05) is 20.8 Å². The van der Waals surface area contributed by atoms with E-state index in [9.17, 15) is 41.6 Å². The molecule has 2 aliphatic carbocycles. The highest BCUT2D eigenvalue weighted by atomic mass is 32.2. The van der Waals surface area contributed by atoms with Crippen LogP contribution in [-0.2, 0) is 51.8 Å². The molecule has 0 radical (unpaired) electrons. The number of halogens is 1. The summed E-state index contributed by atoms with van der Waals surface area (Å²) in [6.07, 6.45) is 2.01. The fourth-order valence-electron chi connectivity index (χ4n) is 6.74. The van der Waals surface area contributed by atoms with E-state index >= 15 is 0 Å². The van der Waals surface area contributed by atoms with Crippen LogP contribution in [0.4, 0.5) is 14.0 Å². The molecule has 56 heavy (non-hydrogen) atoms. The van der Waals surface area contributed by atoms with Crippen LogP contribution in [0.5, 0.6) is 0 Å². The highest BCUT2D eigenvalue weighted by Crippen LogP contribution is 2.45. The van der Waals surface area contributed by atoms with Crippen molar-refractivity contribution in [2.75, 3.05) is 6.54 Å². The quantitative estimate of drug-likeness (QED) is 0.195. The van der Waals surface area contributed by atoms with Crippen molar-refractivity contribution in [3.63, 3.8) is 0 Å². The van der Waals surface area contributed by atoms with E-state index in [0.29, 0.717) is 24.0 Å². The number of hydrogen-bond acceptors (Lipinski definition) is 10. The van der Waals surface area contributed by atoms with E-state index in [1.54, 1.807) is 32.9 Å². The average molecular weight is 802 g/mol. The number of ketones is 1. The maximum atomic E-state index is 14.5. The van der Waals surface area contributed by atoms with Crippen molar-refractivity contribution < 1.29 is 51.0 Å². The molecular formula is C39H52FN5O10S. The molecule has 1 saturated heterocycles. The number of ether oxygens (including phenoxy) is 2. The molecule has 4 aliphatic rings. The van der Waals surface area contributed by atoms with E-state index in [4.69, 9.17) is 9.47 Å². The van der Waals surface area contributed by atoms with Gasteiger partial charge >= 0.3 is 12.2 Å². The maximum Gasteiger partial charge on any atom is 0.410 e. The maximum absolute atomic E-state index is 14.5. The van der Waals surface area contributed by atoms with Crippen LogP contribution in [0.15, 0.2) is 43.0 Å². The number of alkyl carbamates (subject to hydrolysis) is 1. The van der Waals surface area contributed by atoms with Crippen LogP contribution in [0.1, 0.15) is 91.2 Å². The highest BCUT2D eigenvalue weighted by molar-refractivity contribution is 7.91. The Bertz CT molecular complexity index is 1920. The number of allylic oxidation sites excluding steroid dienone is 2. The van der Waals surface area contributed by atoms with E-state index in [2.05, 4.69) is 21.9 Å². The third-order valence-electron chi connectivity index (χ3n) is 9.99. The SMILES string of the molecule is C=CC1C[C@]1(NC(=O)C1C[C@@H](OC(=O)N2Cc3cccc(F)c3C2)CN1C(=O)[C@H](CCC(=O)/C=C/C(C)(C)C)NC(=O)OC(C)(C)C)C(=O)NS(=O)(=O)C1CC1. The fraction of sp³-hybridized carbons (Fsp3) is 0.590. The molecule has 3 fully saturated rings. The van der Waals surface area contributed by atoms with Crippen molar-refractivity contribution in [2.45, 2.75) is 128 Å². The summed E-state index contributed by atoms with van der Waals surface area (Å²) in [5, 5.41) is 4.50. The van der Waals surface area contributed by atoms with Crippen LogP contribution in [-0.4, -0.2) is 95.0 Å². The summed E-state index contributed by atoms with van der Waals surface area (Å²) >= 11 is 0. The lowest BCUT2D eigenvalue weighted by molar-refractivity contribution is -0.141. The zero-order valence-corrected chi connectivity index (χ0v) is 33.5. The number of sulfonamides is 1. The second-order valence-electron chi connectivity index (χ2n) is 17.1. The lowest BCUT2D eigenvalue weighted by atomic mass is 9.95. The van der Waals surface area contributed by atoms with Crippen molar-refractivity contribution in [2.24, 2.45) is 11.3 Å². The van der Waals surface area contributed by atoms with Gasteiger partial charge in [0.25, 0.3) is 5.91 Å². The topological polar surface area (TPSA) is 198 Å². The van der Waals surface area contributed by atoms with Gasteiger partial charge in [-0.1, -0.05) is 45.1 Å². The largest absolute Gasteiger partial charge is 0.444 e. The molecule has 17 heteroatoms. The van der Waals surface area contributed by atoms with Crippen molar-refractivity contribution in [3.8, 4) is 0 Å². The highest BCUT2D eigenvalue weighted by Gasteiger charge is 2.62. The average Bonchev–Trinajstić information content (AvgIpc) is 3.98. The van der Waals surface area contributed by atoms with Gasteiger partial charge in [0.05, 0.1) is 18.3 Å². The van der Waals surface area contributed by atoms with Crippen molar-refractivity contribution in [1.29, 1.82) is 0 Å². The Balaban J connectivity index is 1.39. The first-order valence-electron chi connectivity index (χ1n) is 18.8. The minimum Gasteiger partial charge on any atom is -0.444 e. The summed E-state index contributed by atoms with van der Waals surface area (Å²) in [6.45, 7) is 14.1. The number of carbonyl (C=O) groups is 6. The van der Waals surface area contributed by atoms with Gasteiger partial charge in [-0.2, -0.15) is 0 Å². The first-order chi connectivity index (χ1) is 26.0. The Morgan fingerprint density at radius 2 is 1.77 bits per heavy atom. The lowest BCUT2D eigenvalue weighted by Gasteiger charge is -2.30. The number of hydrogen-bond donors (Lipinski definition) is 3. The first kappa shape index (κ1) is 42.3. The number of nitrogens with one attached hydrogen (secondary N) is 3. The molecule has 1 aromatic carbocycles. The monoisotopic (exact) mass is 801 g/mol. The Kier molecular flexibility index (Phi) is 12.1. The summed E-state index contributed by atoms with van der Waals surface area (Å²) in [4.78, 5) is 83.8. The molecule has 1 aromatic rings. The van der Waals surface area contributed by atoms with Gasteiger partial charge in [0.1, 0.15) is 35.1 Å². The molecule has 0 bridgehead atoms. The normalized spacial score (nSPS) is 23.9. The molecule has 2 aliphatic heterocycles. The third kappa shape index (κ3) is 10.3. The van der Waals surface area contributed by atoms with Gasteiger partial charge in [0, 0.05) is 30.9 Å². The second-order valence-corrected chi connectivity index (χ2v) is 19.0. The molecule has 0 spiro atoms. The molecule has 2 unspecified atom stereocenters. The van der Waals surface area contributed by atoms with E-state index in [-0.39, 0.29) is 56.5 Å². The molecule has 5 rings (SSSR count). The van der Waals surface area contributed by atoms with E-state index in [1.165, 1.54) is 29.2 Å². The van der Waals surface area contributed by atoms with Crippen LogP contribution >= 0.6 is 0 Å². The zero-order valence-electron chi connectivity index (χ0n) is 32.7. The number of amides is 5. The molecule has 5 atom stereocenters. The Hall–Kier alpha value is -4.80. The van der Waals surface area contributed by atoms with E-state index < -0.39 is 86.2 Å². The van der Waals surface area contributed by atoms with Gasteiger partial charge in [0.15, 0.2) is 5.78 Å². The number of likely N-dealkylation sites (tertiary alicyclic amines) is 1. The minimum absolute atomic E-state index is 0.0481. The van der Waals surface area contributed by atoms with Crippen molar-refractivity contribution >= 4 is 45.7 Å². The van der Waals surface area contributed by atoms with Crippen LogP contribution in [0.25, 0.3) is 0 Å². The Morgan fingerprint density at radius 3 is 2.36 bits per heavy atom. The first-order valence-corrected chi connectivity index (χ1v) is 20.3. The predicted molar refractivity (Wildman–Crippen MR) is 201 cm³/mol. The van der Waals surface area contributed by atoms with Gasteiger partial charge in [0.2, 0.25) is 21.8 Å². The van der Waals surface area contributed by atoms with Crippen LogP contribution in [0.2, 0.25) is 0 Å². The number of nitrogens with zero attached hydrogens (tertiary/aromatic N) is 2. The Labute approximate surface area is 326 Å². The zero-order chi connectivity index (χ0) is 41.4. The predicted octanol–water partition coefficient (Wildman–Crippen LogP) is 3.76. The van der Waals surface area contributed by atoms with Gasteiger partial charge in [-0.3, -0.25) is 28.8 Å². The summed E-state index contributed by atoms with van der Waals surface area (Å²) in [7, 11) is -3.97. The number of carbonyl (C=O) groups excluding carboxylic acids is 6. The smallest absolute Gasteiger partial charge is 0.410 e. The molecule has 2 heterocycles. The fourth-order valence-corrected chi connectivity index (χ4v) is 8.11. The molecule has 306 valence electrons. The van der Waals surface area contributed by atoms with Gasteiger partial charge in [-0.05, 0) is 69.6 Å². The number of fused-ring (bicyclic) bond motifs is 1. The molecule has 2 saturated carbocycles. The van der Waals surface area contributed by atoms with Crippen LogP contribution in [0, 0.1) is 17.2 Å². The molecule has 3 N–H and O–H groups in total.